The Kier molecular flexibility index (Phi) is 4.65. The number of phenols is 1. The fourth-order valence-electron chi connectivity index (χ4n) is 4.22. The monoisotopic (exact) mass is 410 g/mol. The van der Waals surface area contributed by atoms with Gasteiger partial charge in [-0.05, 0) is 54.2 Å². The Bertz CT molecular complexity index is 1120. The molecule has 0 fully saturated rings. The van der Waals surface area contributed by atoms with Gasteiger partial charge in [0.25, 0.3) is 5.56 Å². The van der Waals surface area contributed by atoms with E-state index < -0.39 is 0 Å². The van der Waals surface area contributed by atoms with Crippen molar-refractivity contribution in [2.75, 3.05) is 0 Å². The Morgan fingerprint density at radius 3 is 2.17 bits per heavy atom. The number of aryl methyl sites for hydroxylation is 2. The predicted molar refractivity (Wildman–Crippen MR) is 121 cm³/mol. The number of aromatic amines is 1. The number of phenolic OH excluding ortho intramolecular Hbond substituents is 1. The molecule has 2 heterocycles. The first-order chi connectivity index (χ1) is 13.5. The number of rotatable bonds is 1. The minimum atomic E-state index is -0.230. The third-order valence-corrected chi connectivity index (χ3v) is 7.01. The van der Waals surface area contributed by atoms with E-state index in [0.29, 0.717) is 11.6 Å². The average Bonchev–Trinajstić information content (AvgIpc) is 2.98. The Morgan fingerprint density at radius 2 is 1.59 bits per heavy atom. The summed E-state index contributed by atoms with van der Waals surface area (Å²) < 4.78 is 0. The van der Waals surface area contributed by atoms with E-state index in [4.69, 9.17) is 4.98 Å². The van der Waals surface area contributed by atoms with Crippen LogP contribution in [-0.2, 0) is 23.7 Å². The molecule has 2 aromatic heterocycles. The van der Waals surface area contributed by atoms with E-state index in [2.05, 4.69) is 46.5 Å². The summed E-state index contributed by atoms with van der Waals surface area (Å²) in [6.45, 7) is 12.5. The molecule has 0 saturated heterocycles. The summed E-state index contributed by atoms with van der Waals surface area (Å²) in [4.78, 5) is 23.1. The van der Waals surface area contributed by atoms with Crippen LogP contribution in [0.2, 0.25) is 0 Å². The molecule has 1 aliphatic carbocycles. The third-order valence-electron chi connectivity index (χ3n) is 5.82. The maximum atomic E-state index is 13.0. The van der Waals surface area contributed by atoms with Crippen LogP contribution in [0.25, 0.3) is 21.6 Å². The summed E-state index contributed by atoms with van der Waals surface area (Å²) >= 11 is 1.66. The van der Waals surface area contributed by atoms with E-state index in [-0.39, 0.29) is 16.4 Å². The summed E-state index contributed by atoms with van der Waals surface area (Å²) in [7, 11) is 0. The molecule has 4 nitrogen and oxygen atoms in total. The van der Waals surface area contributed by atoms with E-state index in [0.717, 1.165) is 46.2 Å². The summed E-state index contributed by atoms with van der Waals surface area (Å²) in [5.74, 6) is 0.917. The van der Waals surface area contributed by atoms with Gasteiger partial charge in [-0.15, -0.1) is 11.3 Å². The molecule has 154 valence electrons. The first-order valence-corrected chi connectivity index (χ1v) is 11.2. The number of aromatic nitrogens is 2. The average molecular weight is 411 g/mol. The van der Waals surface area contributed by atoms with Crippen molar-refractivity contribution >= 4 is 21.6 Å². The largest absolute Gasteiger partial charge is 0.507 e. The Balaban J connectivity index is 1.97. The van der Waals surface area contributed by atoms with Gasteiger partial charge in [-0.2, -0.15) is 0 Å². The van der Waals surface area contributed by atoms with Gasteiger partial charge in [0.1, 0.15) is 16.4 Å². The lowest BCUT2D eigenvalue weighted by Crippen LogP contribution is -2.18. The number of hydrogen-bond donors (Lipinski definition) is 2. The lowest BCUT2D eigenvalue weighted by molar-refractivity contribution is 0.423. The van der Waals surface area contributed by atoms with E-state index >= 15 is 0 Å². The highest BCUT2D eigenvalue weighted by Crippen LogP contribution is 2.42. The zero-order chi connectivity index (χ0) is 21.1. The van der Waals surface area contributed by atoms with E-state index in [1.807, 2.05) is 12.1 Å². The number of hydrogen-bond acceptors (Lipinski definition) is 4. The molecule has 29 heavy (non-hydrogen) atoms. The number of nitrogens with zero attached hydrogens (tertiary/aromatic N) is 1. The zero-order valence-electron chi connectivity index (χ0n) is 18.2. The zero-order valence-corrected chi connectivity index (χ0v) is 19.0. The molecule has 0 saturated carbocycles. The van der Waals surface area contributed by atoms with Crippen LogP contribution < -0.4 is 5.56 Å². The number of thiophene rings is 1. The van der Waals surface area contributed by atoms with Crippen molar-refractivity contribution in [1.29, 1.82) is 0 Å². The van der Waals surface area contributed by atoms with Gasteiger partial charge in [0.05, 0.1) is 5.39 Å². The molecular formula is C24H30N2O2S. The van der Waals surface area contributed by atoms with Crippen LogP contribution in [0.3, 0.4) is 0 Å². The molecule has 0 amide bonds. The van der Waals surface area contributed by atoms with Crippen molar-refractivity contribution in [2.24, 2.45) is 0 Å². The molecule has 1 aromatic carbocycles. The topological polar surface area (TPSA) is 66.0 Å². The second-order valence-electron chi connectivity index (χ2n) is 10.2. The van der Waals surface area contributed by atoms with Crippen LogP contribution in [0.15, 0.2) is 16.9 Å². The molecule has 0 radical (unpaired) electrons. The summed E-state index contributed by atoms with van der Waals surface area (Å²) in [5, 5.41) is 11.8. The van der Waals surface area contributed by atoms with Gasteiger partial charge in [-0.1, -0.05) is 41.5 Å². The minimum Gasteiger partial charge on any atom is -0.507 e. The fraction of sp³-hybridized carbons (Fsp3) is 0.500. The van der Waals surface area contributed by atoms with Crippen molar-refractivity contribution in [1.82, 2.24) is 9.97 Å². The second-order valence-corrected chi connectivity index (χ2v) is 11.3. The quantitative estimate of drug-likeness (QED) is 0.530. The molecule has 0 spiro atoms. The standard InChI is InChI=1S/C24H30N2O2S/c1-23(2,3)15-11-13(12-16(19(15)27)24(4,5)6)20-25-21(28)18-14-9-7-8-10-17(14)29-22(18)26-20/h11-12,27H,7-10H2,1-6H3,(H,25,26,28). The van der Waals surface area contributed by atoms with Crippen LogP contribution in [0.5, 0.6) is 5.75 Å². The molecule has 0 unspecified atom stereocenters. The number of benzene rings is 1. The SMILES string of the molecule is CC(C)(C)c1cc(-c2nc3sc4c(c3c(=O)[nH]2)CCCC4)cc(C(C)(C)C)c1O. The van der Waals surface area contributed by atoms with Gasteiger partial charge in [0.2, 0.25) is 0 Å². The van der Waals surface area contributed by atoms with Gasteiger partial charge in [0, 0.05) is 21.6 Å². The van der Waals surface area contributed by atoms with Crippen molar-refractivity contribution < 1.29 is 5.11 Å². The first kappa shape index (κ1) is 20.1. The van der Waals surface area contributed by atoms with Gasteiger partial charge in [-0.3, -0.25) is 4.79 Å². The number of nitrogens with one attached hydrogen (secondary N) is 1. The van der Waals surface area contributed by atoms with Crippen molar-refractivity contribution in [3.8, 4) is 17.1 Å². The molecule has 1 aliphatic rings. The molecule has 0 aliphatic heterocycles. The van der Waals surface area contributed by atoms with Crippen LogP contribution in [0.4, 0.5) is 0 Å². The summed E-state index contributed by atoms with van der Waals surface area (Å²) in [6.07, 6.45) is 4.35. The van der Waals surface area contributed by atoms with E-state index in [1.165, 1.54) is 16.9 Å². The highest BCUT2D eigenvalue weighted by molar-refractivity contribution is 7.18. The van der Waals surface area contributed by atoms with Crippen molar-refractivity contribution in [3.63, 3.8) is 0 Å². The molecule has 0 atom stereocenters. The molecule has 3 aromatic rings. The maximum Gasteiger partial charge on any atom is 0.260 e. The minimum absolute atomic E-state index is 0.0490. The highest BCUT2D eigenvalue weighted by atomic mass is 32.1. The number of aromatic hydroxyl groups is 1. The summed E-state index contributed by atoms with van der Waals surface area (Å²) in [6, 6.07) is 3.95. The summed E-state index contributed by atoms with van der Waals surface area (Å²) in [5.41, 5.74) is 3.28. The number of fused-ring (bicyclic) bond motifs is 3. The third kappa shape index (κ3) is 3.50. The highest BCUT2D eigenvalue weighted by Gasteiger charge is 2.28. The van der Waals surface area contributed by atoms with Gasteiger partial charge < -0.3 is 10.1 Å². The predicted octanol–water partition coefficient (Wildman–Crippen LogP) is 5.83. The van der Waals surface area contributed by atoms with Gasteiger partial charge in [-0.25, -0.2) is 4.98 Å². The Hall–Kier alpha value is -2.14. The Labute approximate surface area is 176 Å². The van der Waals surface area contributed by atoms with Gasteiger partial charge >= 0.3 is 0 Å². The molecular weight excluding hydrogens is 380 g/mol. The smallest absolute Gasteiger partial charge is 0.260 e. The normalized spacial score (nSPS) is 15.0. The van der Waals surface area contributed by atoms with Gasteiger partial charge in [0.15, 0.2) is 0 Å². The lowest BCUT2D eigenvalue weighted by atomic mass is 9.78. The van der Waals surface area contributed by atoms with Crippen LogP contribution >= 0.6 is 11.3 Å². The second kappa shape index (κ2) is 6.69. The van der Waals surface area contributed by atoms with E-state index in [9.17, 15) is 9.90 Å². The van der Waals surface area contributed by atoms with Crippen LogP contribution in [-0.4, -0.2) is 15.1 Å². The van der Waals surface area contributed by atoms with Crippen LogP contribution in [0, 0.1) is 0 Å². The lowest BCUT2D eigenvalue weighted by Gasteiger charge is -2.28. The molecule has 4 rings (SSSR count). The van der Waals surface area contributed by atoms with E-state index in [1.54, 1.807) is 11.3 Å². The molecule has 0 bridgehead atoms. The number of H-pyrrole nitrogens is 1. The molecule has 5 heteroatoms. The van der Waals surface area contributed by atoms with Crippen molar-refractivity contribution in [2.45, 2.75) is 78.1 Å². The fourth-order valence-corrected chi connectivity index (χ4v) is 5.48. The molecule has 2 N–H and O–H groups in total. The Morgan fingerprint density at radius 1 is 1.00 bits per heavy atom. The maximum absolute atomic E-state index is 13.0. The van der Waals surface area contributed by atoms with Crippen molar-refractivity contribution in [3.05, 3.63) is 44.1 Å². The van der Waals surface area contributed by atoms with Crippen LogP contribution in [0.1, 0.15) is 76.0 Å². The first-order valence-electron chi connectivity index (χ1n) is 10.4.